The van der Waals surface area contributed by atoms with Crippen LogP contribution in [0.2, 0.25) is 0 Å². The Kier molecular flexibility index (Phi) is 3.69. The van der Waals surface area contributed by atoms with E-state index in [2.05, 4.69) is 12.0 Å². The lowest BCUT2D eigenvalue weighted by Crippen LogP contribution is -2.33. The smallest absolute Gasteiger partial charge is 0.233 e. The lowest BCUT2D eigenvalue weighted by atomic mass is 10.00. The lowest BCUT2D eigenvalue weighted by Gasteiger charge is -2.17. The van der Waals surface area contributed by atoms with Crippen LogP contribution in [-0.2, 0) is 16.1 Å². The van der Waals surface area contributed by atoms with Crippen molar-refractivity contribution in [2.45, 2.75) is 39.2 Å². The van der Waals surface area contributed by atoms with Crippen molar-refractivity contribution < 1.29 is 9.59 Å². The summed E-state index contributed by atoms with van der Waals surface area (Å²) in [5.41, 5.74) is 5.55. The van der Waals surface area contributed by atoms with Crippen molar-refractivity contribution in [2.24, 2.45) is 17.8 Å². The maximum Gasteiger partial charge on any atom is 0.233 e. The second kappa shape index (κ2) is 5.50. The summed E-state index contributed by atoms with van der Waals surface area (Å²) in [6, 6.07) is 1.74. The van der Waals surface area contributed by atoms with Crippen LogP contribution >= 0.6 is 0 Å². The van der Waals surface area contributed by atoms with Crippen LogP contribution < -0.4 is 5.73 Å². The molecule has 2 heterocycles. The maximum atomic E-state index is 12.4. The highest BCUT2D eigenvalue weighted by atomic mass is 16.2. The fourth-order valence-corrected chi connectivity index (χ4v) is 3.64. The average Bonchev–Trinajstić information content (AvgIpc) is 3.12. The zero-order chi connectivity index (χ0) is 15.0. The normalized spacial score (nSPS) is 28.4. The Balaban J connectivity index is 1.55. The predicted octanol–water partition coefficient (Wildman–Crippen LogP) is 1.28. The summed E-state index contributed by atoms with van der Waals surface area (Å²) >= 11 is 0. The Bertz CT molecular complexity index is 530. The van der Waals surface area contributed by atoms with Crippen molar-refractivity contribution in [2.75, 3.05) is 12.3 Å². The van der Waals surface area contributed by atoms with Gasteiger partial charge in [0, 0.05) is 19.3 Å². The van der Waals surface area contributed by atoms with Gasteiger partial charge in [-0.3, -0.25) is 19.2 Å². The van der Waals surface area contributed by atoms with Crippen LogP contribution in [-0.4, -0.2) is 33.0 Å². The quantitative estimate of drug-likeness (QED) is 0.828. The average molecular weight is 290 g/mol. The molecule has 0 aromatic carbocycles. The number of carbonyl (C=O) groups excluding carboxylic acids is 2. The summed E-state index contributed by atoms with van der Waals surface area (Å²) in [5.74, 6) is 1.01. The van der Waals surface area contributed by atoms with Gasteiger partial charge in [-0.1, -0.05) is 13.3 Å². The zero-order valence-corrected chi connectivity index (χ0v) is 12.4. The van der Waals surface area contributed by atoms with Crippen molar-refractivity contribution in [3.63, 3.8) is 0 Å². The summed E-state index contributed by atoms with van der Waals surface area (Å²) in [6.07, 6.45) is 5.36. The first-order chi connectivity index (χ1) is 10.1. The van der Waals surface area contributed by atoms with Crippen molar-refractivity contribution >= 4 is 17.6 Å². The van der Waals surface area contributed by atoms with Crippen molar-refractivity contribution in [3.05, 3.63) is 12.3 Å². The number of nitrogen functional groups attached to an aromatic ring is 1. The second-order valence-corrected chi connectivity index (χ2v) is 6.14. The highest BCUT2D eigenvalue weighted by Gasteiger charge is 2.51. The van der Waals surface area contributed by atoms with E-state index in [1.165, 1.54) is 4.90 Å². The standard InChI is InChI=1S/C15H22N4O2/c1-2-10-8-11-12(9-10)15(21)19(14(11)20)6-3-5-18-7-4-13(16)17-18/h4,7,10-12H,2-3,5-6,8-9H2,1H3,(H2,16,17). The molecule has 3 rings (SSSR count). The zero-order valence-electron chi connectivity index (χ0n) is 12.4. The van der Waals surface area contributed by atoms with Gasteiger partial charge in [-0.15, -0.1) is 0 Å². The minimum absolute atomic E-state index is 0.0425. The molecule has 2 amide bonds. The third-order valence-electron chi connectivity index (χ3n) is 4.83. The van der Waals surface area contributed by atoms with Gasteiger partial charge in [0.15, 0.2) is 0 Å². The number of aromatic nitrogens is 2. The summed E-state index contributed by atoms with van der Waals surface area (Å²) < 4.78 is 1.74. The number of aryl methyl sites for hydroxylation is 1. The van der Waals surface area contributed by atoms with Crippen LogP contribution in [0.5, 0.6) is 0 Å². The molecule has 6 nitrogen and oxygen atoms in total. The van der Waals surface area contributed by atoms with Gasteiger partial charge in [-0.2, -0.15) is 5.10 Å². The molecule has 2 atom stereocenters. The monoisotopic (exact) mass is 290 g/mol. The lowest BCUT2D eigenvalue weighted by molar-refractivity contribution is -0.140. The number of likely N-dealkylation sites (tertiary alicyclic amines) is 1. The number of nitrogens with zero attached hydrogens (tertiary/aromatic N) is 3. The van der Waals surface area contributed by atoms with Gasteiger partial charge < -0.3 is 5.73 Å². The van der Waals surface area contributed by atoms with Crippen molar-refractivity contribution in [1.29, 1.82) is 0 Å². The van der Waals surface area contributed by atoms with Gasteiger partial charge >= 0.3 is 0 Å². The Morgan fingerprint density at radius 2 is 1.90 bits per heavy atom. The first-order valence-corrected chi connectivity index (χ1v) is 7.74. The topological polar surface area (TPSA) is 81.2 Å². The summed E-state index contributed by atoms with van der Waals surface area (Å²) in [5, 5.41) is 4.10. The highest BCUT2D eigenvalue weighted by Crippen LogP contribution is 2.44. The van der Waals surface area contributed by atoms with Crippen LogP contribution in [0.3, 0.4) is 0 Å². The number of anilines is 1. The Morgan fingerprint density at radius 1 is 1.24 bits per heavy atom. The van der Waals surface area contributed by atoms with E-state index in [-0.39, 0.29) is 23.7 Å². The molecule has 2 unspecified atom stereocenters. The van der Waals surface area contributed by atoms with E-state index in [0.29, 0.717) is 24.8 Å². The fraction of sp³-hybridized carbons (Fsp3) is 0.667. The van der Waals surface area contributed by atoms with E-state index in [1.807, 2.05) is 6.20 Å². The van der Waals surface area contributed by atoms with Crippen LogP contribution in [0.4, 0.5) is 5.82 Å². The first-order valence-electron chi connectivity index (χ1n) is 7.74. The molecular formula is C15H22N4O2. The molecule has 1 aliphatic heterocycles. The molecule has 2 N–H and O–H groups in total. The number of carbonyl (C=O) groups is 2. The van der Waals surface area contributed by atoms with Crippen LogP contribution in [0.25, 0.3) is 0 Å². The van der Waals surface area contributed by atoms with E-state index in [4.69, 9.17) is 5.73 Å². The third kappa shape index (κ3) is 2.54. The number of hydrogen-bond acceptors (Lipinski definition) is 4. The summed E-state index contributed by atoms with van der Waals surface area (Å²) in [7, 11) is 0. The molecule has 2 aliphatic rings. The van der Waals surface area contributed by atoms with Crippen molar-refractivity contribution in [3.8, 4) is 0 Å². The molecule has 1 aliphatic carbocycles. The van der Waals surface area contributed by atoms with Gasteiger partial charge in [0.1, 0.15) is 5.82 Å². The molecule has 0 radical (unpaired) electrons. The molecule has 0 spiro atoms. The van der Waals surface area contributed by atoms with Crippen LogP contribution in [0.15, 0.2) is 12.3 Å². The highest BCUT2D eigenvalue weighted by molar-refractivity contribution is 6.05. The van der Waals surface area contributed by atoms with E-state index in [1.54, 1.807) is 10.7 Å². The van der Waals surface area contributed by atoms with E-state index >= 15 is 0 Å². The van der Waals surface area contributed by atoms with Crippen LogP contribution in [0, 0.1) is 17.8 Å². The molecule has 1 aromatic rings. The number of fused-ring (bicyclic) bond motifs is 1. The van der Waals surface area contributed by atoms with Gasteiger partial charge in [-0.25, -0.2) is 0 Å². The van der Waals surface area contributed by atoms with E-state index < -0.39 is 0 Å². The molecule has 1 aromatic heterocycles. The Hall–Kier alpha value is -1.85. The third-order valence-corrected chi connectivity index (χ3v) is 4.83. The summed E-state index contributed by atoms with van der Waals surface area (Å²) in [6.45, 7) is 3.29. The van der Waals surface area contributed by atoms with Gasteiger partial charge in [0.25, 0.3) is 0 Å². The second-order valence-electron chi connectivity index (χ2n) is 6.14. The number of amides is 2. The molecule has 0 bridgehead atoms. The first kappa shape index (κ1) is 14.1. The van der Waals surface area contributed by atoms with E-state index in [9.17, 15) is 9.59 Å². The van der Waals surface area contributed by atoms with Gasteiger partial charge in [-0.05, 0) is 31.2 Å². The number of hydrogen-bond donors (Lipinski definition) is 1. The molecular weight excluding hydrogens is 268 g/mol. The van der Waals surface area contributed by atoms with Gasteiger partial charge in [0.2, 0.25) is 11.8 Å². The van der Waals surface area contributed by atoms with E-state index in [0.717, 1.165) is 25.7 Å². The largest absolute Gasteiger partial charge is 0.382 e. The summed E-state index contributed by atoms with van der Waals surface area (Å²) in [4.78, 5) is 26.2. The molecule has 114 valence electrons. The minimum Gasteiger partial charge on any atom is -0.382 e. The SMILES string of the molecule is CCC1CC2C(=O)N(CCCn3ccc(N)n3)C(=O)C2C1. The molecule has 1 saturated heterocycles. The maximum absolute atomic E-state index is 12.4. The molecule has 21 heavy (non-hydrogen) atoms. The molecule has 2 fully saturated rings. The predicted molar refractivity (Wildman–Crippen MR) is 78.0 cm³/mol. The van der Waals surface area contributed by atoms with Gasteiger partial charge in [0.05, 0.1) is 11.8 Å². The fourth-order valence-electron chi connectivity index (χ4n) is 3.64. The molecule has 1 saturated carbocycles. The number of rotatable bonds is 5. The Labute approximate surface area is 124 Å². The molecule has 6 heteroatoms. The number of nitrogens with two attached hydrogens (primary N) is 1. The number of imide groups is 1. The minimum atomic E-state index is -0.0530. The Morgan fingerprint density at radius 3 is 2.43 bits per heavy atom. The van der Waals surface area contributed by atoms with Crippen molar-refractivity contribution in [1.82, 2.24) is 14.7 Å². The van der Waals surface area contributed by atoms with Crippen LogP contribution in [0.1, 0.15) is 32.6 Å².